The number of hydrogen-bond acceptors (Lipinski definition) is 4. The molecule has 3 rings (SSSR count). The van der Waals surface area contributed by atoms with Crippen LogP contribution in [0.5, 0.6) is 0 Å². The lowest BCUT2D eigenvalue weighted by Crippen LogP contribution is -2.36. The Hall–Kier alpha value is -2.87. The Morgan fingerprint density at radius 3 is 2.43 bits per heavy atom. The largest absolute Gasteiger partial charge is 0.468 e. The SMILES string of the molecule is COC(=O)[C@@H]1C[C@H](NC(=O)c2ccccc2-c2ccc(C(F)(F)F)cc2)CN1. The van der Waals surface area contributed by atoms with E-state index in [0.717, 1.165) is 12.1 Å². The first-order valence-electron chi connectivity index (χ1n) is 8.68. The lowest BCUT2D eigenvalue weighted by molar-refractivity contribution is -0.142. The molecular formula is C20H19F3N2O3. The zero-order valence-electron chi connectivity index (χ0n) is 15.0. The molecule has 0 bridgehead atoms. The molecule has 28 heavy (non-hydrogen) atoms. The predicted octanol–water partition coefficient (Wildman–Crippen LogP) is 3.01. The van der Waals surface area contributed by atoms with E-state index in [9.17, 15) is 22.8 Å². The summed E-state index contributed by atoms with van der Waals surface area (Å²) in [6, 6.07) is 10.7. The monoisotopic (exact) mass is 392 g/mol. The van der Waals surface area contributed by atoms with Gasteiger partial charge in [0.2, 0.25) is 0 Å². The van der Waals surface area contributed by atoms with E-state index in [-0.39, 0.29) is 17.9 Å². The predicted molar refractivity (Wildman–Crippen MR) is 96.6 cm³/mol. The molecule has 1 aliphatic heterocycles. The van der Waals surface area contributed by atoms with Crippen LogP contribution in [0.1, 0.15) is 22.3 Å². The van der Waals surface area contributed by atoms with Crippen LogP contribution in [0.3, 0.4) is 0 Å². The number of ether oxygens (including phenoxy) is 1. The summed E-state index contributed by atoms with van der Waals surface area (Å²) in [4.78, 5) is 24.3. The molecule has 1 heterocycles. The lowest BCUT2D eigenvalue weighted by Gasteiger charge is -2.15. The molecule has 2 N–H and O–H groups in total. The minimum absolute atomic E-state index is 0.253. The highest BCUT2D eigenvalue weighted by atomic mass is 19.4. The highest BCUT2D eigenvalue weighted by Gasteiger charge is 2.32. The molecule has 1 fully saturated rings. The average molecular weight is 392 g/mol. The van der Waals surface area contributed by atoms with Crippen molar-refractivity contribution in [2.24, 2.45) is 0 Å². The van der Waals surface area contributed by atoms with Gasteiger partial charge in [-0.3, -0.25) is 9.59 Å². The molecule has 1 amide bonds. The van der Waals surface area contributed by atoms with Crippen LogP contribution in [-0.4, -0.2) is 37.6 Å². The van der Waals surface area contributed by atoms with Crippen molar-refractivity contribution in [2.45, 2.75) is 24.7 Å². The number of nitrogens with one attached hydrogen (secondary N) is 2. The Labute approximate surface area is 159 Å². The summed E-state index contributed by atoms with van der Waals surface area (Å²) in [6.45, 7) is 0.425. The molecule has 0 radical (unpaired) electrons. The third kappa shape index (κ3) is 4.33. The van der Waals surface area contributed by atoms with Gasteiger partial charge < -0.3 is 15.4 Å². The van der Waals surface area contributed by atoms with Crippen LogP contribution in [0.4, 0.5) is 13.2 Å². The first-order valence-corrected chi connectivity index (χ1v) is 8.68. The molecule has 1 saturated heterocycles. The molecule has 0 saturated carbocycles. The summed E-state index contributed by atoms with van der Waals surface area (Å²) in [7, 11) is 1.30. The minimum Gasteiger partial charge on any atom is -0.468 e. The van der Waals surface area contributed by atoms with Gasteiger partial charge in [-0.15, -0.1) is 0 Å². The maximum absolute atomic E-state index is 12.8. The highest BCUT2D eigenvalue weighted by Crippen LogP contribution is 2.31. The molecule has 0 aliphatic carbocycles. The van der Waals surface area contributed by atoms with Gasteiger partial charge in [-0.1, -0.05) is 30.3 Å². The highest BCUT2D eigenvalue weighted by molar-refractivity contribution is 6.01. The summed E-state index contributed by atoms with van der Waals surface area (Å²) >= 11 is 0. The maximum atomic E-state index is 12.8. The van der Waals surface area contributed by atoms with Gasteiger partial charge in [0.25, 0.3) is 5.91 Å². The van der Waals surface area contributed by atoms with E-state index in [0.29, 0.717) is 29.7 Å². The number of carbonyl (C=O) groups is 2. The maximum Gasteiger partial charge on any atom is 0.416 e. The molecule has 148 valence electrons. The molecule has 2 aromatic carbocycles. The molecular weight excluding hydrogens is 373 g/mol. The van der Waals surface area contributed by atoms with E-state index < -0.39 is 17.8 Å². The number of esters is 1. The van der Waals surface area contributed by atoms with Gasteiger partial charge in [0.15, 0.2) is 0 Å². The fourth-order valence-corrected chi connectivity index (χ4v) is 3.20. The summed E-state index contributed by atoms with van der Waals surface area (Å²) in [6.07, 6.45) is -4.01. The fourth-order valence-electron chi connectivity index (χ4n) is 3.20. The second-order valence-electron chi connectivity index (χ2n) is 6.51. The number of amides is 1. The molecule has 2 aromatic rings. The van der Waals surface area contributed by atoms with Gasteiger partial charge in [-0.25, -0.2) is 0 Å². The number of halogens is 3. The van der Waals surface area contributed by atoms with E-state index in [4.69, 9.17) is 0 Å². The molecule has 5 nitrogen and oxygen atoms in total. The van der Waals surface area contributed by atoms with E-state index in [1.807, 2.05) is 0 Å². The third-order valence-electron chi connectivity index (χ3n) is 4.65. The molecule has 0 unspecified atom stereocenters. The van der Waals surface area contributed by atoms with Gasteiger partial charge in [0, 0.05) is 18.2 Å². The van der Waals surface area contributed by atoms with Crippen molar-refractivity contribution in [3.05, 3.63) is 59.7 Å². The normalized spacial score (nSPS) is 19.3. The Morgan fingerprint density at radius 2 is 1.79 bits per heavy atom. The molecule has 8 heteroatoms. The van der Waals surface area contributed by atoms with Crippen molar-refractivity contribution in [3.63, 3.8) is 0 Å². The van der Waals surface area contributed by atoms with Crippen LogP contribution in [0.15, 0.2) is 48.5 Å². The van der Waals surface area contributed by atoms with E-state index in [2.05, 4.69) is 15.4 Å². The fraction of sp³-hybridized carbons (Fsp3) is 0.300. The first kappa shape index (κ1) is 19.9. The van der Waals surface area contributed by atoms with E-state index in [1.54, 1.807) is 24.3 Å². The van der Waals surface area contributed by atoms with Crippen molar-refractivity contribution in [1.29, 1.82) is 0 Å². The van der Waals surface area contributed by atoms with Crippen LogP contribution in [0.2, 0.25) is 0 Å². The van der Waals surface area contributed by atoms with Gasteiger partial charge in [-0.05, 0) is 35.7 Å². The topological polar surface area (TPSA) is 67.4 Å². The molecule has 2 atom stereocenters. The Balaban J connectivity index is 1.77. The van der Waals surface area contributed by atoms with Crippen LogP contribution in [0, 0.1) is 0 Å². The van der Waals surface area contributed by atoms with Gasteiger partial charge >= 0.3 is 12.1 Å². The van der Waals surface area contributed by atoms with Crippen molar-refractivity contribution >= 4 is 11.9 Å². The number of rotatable bonds is 4. The zero-order chi connectivity index (χ0) is 20.3. The number of alkyl halides is 3. The van der Waals surface area contributed by atoms with Gasteiger partial charge in [-0.2, -0.15) is 13.2 Å². The minimum atomic E-state index is -4.42. The Kier molecular flexibility index (Phi) is 5.69. The first-order chi connectivity index (χ1) is 13.3. The number of methoxy groups -OCH3 is 1. The number of benzene rings is 2. The summed E-state index contributed by atoms with van der Waals surface area (Å²) in [5.74, 6) is -0.741. The van der Waals surface area contributed by atoms with Crippen LogP contribution < -0.4 is 10.6 Å². The van der Waals surface area contributed by atoms with Crippen LogP contribution in [0.25, 0.3) is 11.1 Å². The van der Waals surface area contributed by atoms with Crippen molar-refractivity contribution in [2.75, 3.05) is 13.7 Å². The number of carbonyl (C=O) groups excluding carboxylic acids is 2. The lowest BCUT2D eigenvalue weighted by atomic mass is 9.98. The summed E-state index contributed by atoms with van der Waals surface area (Å²) in [5.41, 5.74) is 0.646. The smallest absolute Gasteiger partial charge is 0.416 e. The molecule has 0 spiro atoms. The van der Waals surface area contributed by atoms with Crippen molar-refractivity contribution < 1.29 is 27.5 Å². The van der Waals surface area contributed by atoms with E-state index in [1.165, 1.54) is 19.2 Å². The zero-order valence-corrected chi connectivity index (χ0v) is 15.0. The van der Waals surface area contributed by atoms with Crippen LogP contribution in [-0.2, 0) is 15.7 Å². The molecule has 1 aliphatic rings. The van der Waals surface area contributed by atoms with Gasteiger partial charge in [0.05, 0.1) is 12.7 Å². The average Bonchev–Trinajstić information content (AvgIpc) is 3.15. The summed E-state index contributed by atoms with van der Waals surface area (Å²) < 4.78 is 43.0. The third-order valence-corrected chi connectivity index (χ3v) is 4.65. The quantitative estimate of drug-likeness (QED) is 0.785. The summed E-state index contributed by atoms with van der Waals surface area (Å²) in [5, 5.41) is 5.85. The second kappa shape index (κ2) is 8.02. The van der Waals surface area contributed by atoms with E-state index >= 15 is 0 Å². The Morgan fingerprint density at radius 1 is 1.11 bits per heavy atom. The van der Waals surface area contributed by atoms with Crippen molar-refractivity contribution in [1.82, 2.24) is 10.6 Å². The Bertz CT molecular complexity index is 866. The van der Waals surface area contributed by atoms with Crippen molar-refractivity contribution in [3.8, 4) is 11.1 Å². The van der Waals surface area contributed by atoms with Gasteiger partial charge in [0.1, 0.15) is 6.04 Å². The van der Waals surface area contributed by atoms with Crippen LogP contribution >= 0.6 is 0 Å². The standard InChI is InChI=1S/C20H19F3N2O3/c1-28-19(27)17-10-14(11-24-17)25-18(26)16-5-3-2-4-15(16)12-6-8-13(9-7-12)20(21,22)23/h2-9,14,17,24H,10-11H2,1H3,(H,25,26)/t14-,17-/m0/s1. The number of hydrogen-bond donors (Lipinski definition) is 2. The second-order valence-corrected chi connectivity index (χ2v) is 6.51. The molecule has 0 aromatic heterocycles.